The van der Waals surface area contributed by atoms with Crippen molar-refractivity contribution in [2.75, 3.05) is 13.3 Å². The second-order valence-corrected chi connectivity index (χ2v) is 3.66. The van der Waals surface area contributed by atoms with Gasteiger partial charge < -0.3 is 29.7 Å². The van der Waals surface area contributed by atoms with Crippen molar-refractivity contribution in [2.45, 2.75) is 30.7 Å². The number of hydrogen-bond acceptors (Lipinski definition) is 6. The van der Waals surface area contributed by atoms with Crippen molar-refractivity contribution in [3.8, 4) is 0 Å². The molecule has 0 aromatic rings. The lowest BCUT2D eigenvalue weighted by Gasteiger charge is -2.39. The van der Waals surface area contributed by atoms with E-state index in [4.69, 9.17) is 14.4 Å². The van der Waals surface area contributed by atoms with Gasteiger partial charge in [-0.1, -0.05) is 0 Å². The Morgan fingerprint density at radius 2 is 1.86 bits per heavy atom. The maximum atomic E-state index is 9.42. The summed E-state index contributed by atoms with van der Waals surface area (Å²) in [6.45, 7) is 1.30. The third-order valence-corrected chi connectivity index (χ3v) is 2.55. The molecule has 0 radical (unpaired) electrons. The van der Waals surface area contributed by atoms with Gasteiger partial charge in [0, 0.05) is 8.81 Å². The van der Waals surface area contributed by atoms with Crippen LogP contribution in [0.15, 0.2) is 0 Å². The van der Waals surface area contributed by atoms with E-state index in [1.165, 1.54) is 0 Å². The molecule has 14 heavy (non-hydrogen) atoms. The van der Waals surface area contributed by atoms with Crippen LogP contribution >= 0.6 is 8.81 Å². The predicted molar refractivity (Wildman–Crippen MR) is 49.1 cm³/mol. The second-order valence-electron chi connectivity index (χ2n) is 3.02. The first kappa shape index (κ1) is 12.3. The molecule has 1 saturated heterocycles. The van der Waals surface area contributed by atoms with E-state index < -0.39 is 37.3 Å². The van der Waals surface area contributed by atoms with E-state index in [1.54, 1.807) is 6.66 Å². The topological polar surface area (TPSA) is 99.4 Å². The normalized spacial score (nSPS) is 44.8. The van der Waals surface area contributed by atoms with Crippen LogP contribution in [-0.4, -0.2) is 64.4 Å². The molecule has 4 N–H and O–H groups in total. The van der Waals surface area contributed by atoms with Gasteiger partial charge in [0.25, 0.3) is 0 Å². The van der Waals surface area contributed by atoms with E-state index >= 15 is 0 Å². The van der Waals surface area contributed by atoms with Crippen molar-refractivity contribution >= 4 is 8.81 Å². The first-order valence-corrected chi connectivity index (χ1v) is 5.65. The van der Waals surface area contributed by atoms with Crippen molar-refractivity contribution < 1.29 is 29.7 Å². The molecule has 0 aliphatic carbocycles. The SMILES string of the molecule is CPOC1OC(CO)C(O)C(O)C1O. The molecule has 1 fully saturated rings. The zero-order chi connectivity index (χ0) is 10.7. The van der Waals surface area contributed by atoms with Crippen LogP contribution in [-0.2, 0) is 9.26 Å². The number of aliphatic hydroxyl groups excluding tert-OH is 4. The Morgan fingerprint density at radius 3 is 2.36 bits per heavy atom. The molecule has 1 aliphatic heterocycles. The molecule has 1 heterocycles. The van der Waals surface area contributed by atoms with Gasteiger partial charge in [-0.15, -0.1) is 0 Å². The summed E-state index contributed by atoms with van der Waals surface area (Å²) >= 11 is 0. The van der Waals surface area contributed by atoms with Gasteiger partial charge in [0.15, 0.2) is 6.29 Å². The van der Waals surface area contributed by atoms with Gasteiger partial charge in [0.05, 0.1) is 6.61 Å². The average Bonchev–Trinajstić information content (AvgIpc) is 2.19. The summed E-state index contributed by atoms with van der Waals surface area (Å²) in [5.41, 5.74) is 0. The smallest absolute Gasteiger partial charge is 0.189 e. The summed E-state index contributed by atoms with van der Waals surface area (Å²) in [6, 6.07) is 0. The summed E-state index contributed by atoms with van der Waals surface area (Å²) < 4.78 is 10.1. The molecule has 6 nitrogen and oxygen atoms in total. The maximum absolute atomic E-state index is 9.42. The Bertz CT molecular complexity index is 176. The first-order chi connectivity index (χ1) is 6.61. The molecule has 0 aromatic carbocycles. The van der Waals surface area contributed by atoms with E-state index in [-0.39, 0.29) is 8.81 Å². The van der Waals surface area contributed by atoms with E-state index in [9.17, 15) is 15.3 Å². The van der Waals surface area contributed by atoms with Crippen LogP contribution in [0, 0.1) is 0 Å². The first-order valence-electron chi connectivity index (χ1n) is 4.24. The fraction of sp³-hybridized carbons (Fsp3) is 1.00. The van der Waals surface area contributed by atoms with Crippen molar-refractivity contribution in [1.29, 1.82) is 0 Å². The van der Waals surface area contributed by atoms with Crippen LogP contribution in [0.5, 0.6) is 0 Å². The molecule has 6 unspecified atom stereocenters. The van der Waals surface area contributed by atoms with Gasteiger partial charge in [-0.2, -0.15) is 0 Å². The van der Waals surface area contributed by atoms with E-state index in [1.807, 2.05) is 0 Å². The molecule has 0 saturated carbocycles. The lowest BCUT2D eigenvalue weighted by molar-refractivity contribution is -0.275. The highest BCUT2D eigenvalue weighted by Crippen LogP contribution is 2.25. The number of hydrogen-bond donors (Lipinski definition) is 4. The van der Waals surface area contributed by atoms with Crippen molar-refractivity contribution in [1.82, 2.24) is 0 Å². The molecule has 7 heteroatoms. The fourth-order valence-corrected chi connectivity index (χ4v) is 1.71. The summed E-state index contributed by atoms with van der Waals surface area (Å²) in [7, 11) is 0.0882. The maximum Gasteiger partial charge on any atom is 0.189 e. The van der Waals surface area contributed by atoms with Gasteiger partial charge in [0.1, 0.15) is 24.4 Å². The predicted octanol–water partition coefficient (Wildman–Crippen LogP) is -1.97. The van der Waals surface area contributed by atoms with Gasteiger partial charge in [0.2, 0.25) is 0 Å². The number of ether oxygens (including phenoxy) is 1. The standard InChI is InChI=1S/C7H15O6P/c1-14-13-7-6(11)5(10)4(9)3(2-8)12-7/h3-11,14H,2H2,1H3. The lowest BCUT2D eigenvalue weighted by Crippen LogP contribution is -2.58. The van der Waals surface area contributed by atoms with Gasteiger partial charge >= 0.3 is 0 Å². The quantitative estimate of drug-likeness (QED) is 0.416. The van der Waals surface area contributed by atoms with Crippen LogP contribution in [0.2, 0.25) is 0 Å². The zero-order valence-electron chi connectivity index (χ0n) is 7.70. The molecule has 0 amide bonds. The van der Waals surface area contributed by atoms with Gasteiger partial charge in [-0.25, -0.2) is 0 Å². The Balaban J connectivity index is 2.63. The van der Waals surface area contributed by atoms with E-state index in [0.717, 1.165) is 0 Å². The number of rotatable bonds is 3. The average molecular weight is 226 g/mol. The van der Waals surface area contributed by atoms with Crippen molar-refractivity contribution in [2.24, 2.45) is 0 Å². The molecule has 1 aliphatic rings. The molecule has 0 aromatic heterocycles. The van der Waals surface area contributed by atoms with Gasteiger partial charge in [-0.05, 0) is 6.66 Å². The Labute approximate surface area is 83.3 Å². The molecule has 1 rings (SSSR count). The van der Waals surface area contributed by atoms with E-state index in [0.29, 0.717) is 0 Å². The lowest BCUT2D eigenvalue weighted by atomic mass is 10.00. The highest BCUT2D eigenvalue weighted by molar-refractivity contribution is 7.31. The highest BCUT2D eigenvalue weighted by Gasteiger charge is 2.43. The minimum atomic E-state index is -1.36. The minimum absolute atomic E-state index is 0.0882. The Morgan fingerprint density at radius 1 is 1.21 bits per heavy atom. The van der Waals surface area contributed by atoms with Crippen LogP contribution in [0.25, 0.3) is 0 Å². The molecule has 84 valence electrons. The Kier molecular flexibility index (Phi) is 4.66. The Hall–Kier alpha value is 0.190. The number of aliphatic hydroxyl groups is 4. The summed E-state index contributed by atoms with van der Waals surface area (Å²) in [5.74, 6) is 0. The highest BCUT2D eigenvalue weighted by atomic mass is 31.1. The third kappa shape index (κ3) is 2.41. The third-order valence-electron chi connectivity index (χ3n) is 2.08. The summed E-state index contributed by atoms with van der Waals surface area (Å²) in [5, 5.41) is 37.0. The van der Waals surface area contributed by atoms with Crippen LogP contribution in [0.1, 0.15) is 0 Å². The summed E-state index contributed by atoms with van der Waals surface area (Å²) in [6.07, 6.45) is -5.86. The molecule has 0 bridgehead atoms. The largest absolute Gasteiger partial charge is 0.394 e. The van der Waals surface area contributed by atoms with Crippen LogP contribution < -0.4 is 0 Å². The van der Waals surface area contributed by atoms with Gasteiger partial charge in [-0.3, -0.25) is 0 Å². The van der Waals surface area contributed by atoms with Crippen LogP contribution in [0.4, 0.5) is 0 Å². The molecule has 6 atom stereocenters. The second kappa shape index (κ2) is 5.32. The zero-order valence-corrected chi connectivity index (χ0v) is 8.70. The van der Waals surface area contributed by atoms with E-state index in [2.05, 4.69) is 0 Å². The summed E-state index contributed by atoms with van der Waals surface area (Å²) in [4.78, 5) is 0. The molecular weight excluding hydrogens is 211 g/mol. The fourth-order valence-electron chi connectivity index (χ4n) is 1.28. The van der Waals surface area contributed by atoms with Crippen LogP contribution in [0.3, 0.4) is 0 Å². The van der Waals surface area contributed by atoms with Crippen molar-refractivity contribution in [3.05, 3.63) is 0 Å². The monoisotopic (exact) mass is 226 g/mol. The molecule has 0 spiro atoms. The van der Waals surface area contributed by atoms with Crippen molar-refractivity contribution in [3.63, 3.8) is 0 Å². The molecular formula is C7H15O6P. The minimum Gasteiger partial charge on any atom is -0.394 e.